The van der Waals surface area contributed by atoms with Crippen LogP contribution in [0.25, 0.3) is 10.2 Å². The van der Waals surface area contributed by atoms with E-state index < -0.39 is 0 Å². The molecular formula is C13H20N4S. The fourth-order valence-electron chi connectivity index (χ4n) is 1.92. The van der Waals surface area contributed by atoms with Crippen molar-refractivity contribution in [3.63, 3.8) is 0 Å². The van der Waals surface area contributed by atoms with E-state index in [0.29, 0.717) is 0 Å². The fraction of sp³-hybridized carbons (Fsp3) is 0.538. The first-order chi connectivity index (χ1) is 8.78. The summed E-state index contributed by atoms with van der Waals surface area (Å²) in [4.78, 5) is 12.7. The van der Waals surface area contributed by atoms with Crippen LogP contribution in [0.1, 0.15) is 26.6 Å². The van der Waals surface area contributed by atoms with Crippen molar-refractivity contribution in [2.24, 2.45) is 0 Å². The van der Waals surface area contributed by atoms with E-state index in [9.17, 15) is 0 Å². The van der Waals surface area contributed by atoms with Gasteiger partial charge in [0.15, 0.2) is 0 Å². The van der Waals surface area contributed by atoms with Gasteiger partial charge in [0.1, 0.15) is 16.5 Å². The quantitative estimate of drug-likeness (QED) is 0.871. The normalized spacial score (nSPS) is 11.3. The molecule has 0 aromatic carbocycles. The Hall–Kier alpha value is -1.20. The van der Waals surface area contributed by atoms with Crippen LogP contribution in [0, 0.1) is 0 Å². The van der Waals surface area contributed by atoms with Crippen LogP contribution in [0.2, 0.25) is 0 Å². The average Bonchev–Trinajstić information content (AvgIpc) is 2.84. The molecular weight excluding hydrogens is 244 g/mol. The van der Waals surface area contributed by atoms with Gasteiger partial charge in [0, 0.05) is 6.54 Å². The third-order valence-corrected chi connectivity index (χ3v) is 3.78. The van der Waals surface area contributed by atoms with Crippen molar-refractivity contribution in [2.75, 3.05) is 25.0 Å². The zero-order chi connectivity index (χ0) is 13.0. The van der Waals surface area contributed by atoms with Gasteiger partial charge in [-0.1, -0.05) is 13.8 Å². The molecule has 0 bridgehead atoms. The van der Waals surface area contributed by atoms with Crippen LogP contribution >= 0.6 is 11.3 Å². The lowest BCUT2D eigenvalue weighted by Crippen LogP contribution is -2.23. The van der Waals surface area contributed by atoms with Crippen LogP contribution in [-0.4, -0.2) is 34.5 Å². The summed E-state index contributed by atoms with van der Waals surface area (Å²) in [5.74, 6) is 1.87. The number of hydrogen-bond acceptors (Lipinski definition) is 5. The lowest BCUT2D eigenvalue weighted by atomic mass is 10.3. The maximum atomic E-state index is 4.64. The molecule has 0 radical (unpaired) electrons. The van der Waals surface area contributed by atoms with E-state index in [1.807, 2.05) is 0 Å². The molecule has 4 nitrogen and oxygen atoms in total. The summed E-state index contributed by atoms with van der Waals surface area (Å²) in [7, 11) is 0. The minimum atomic E-state index is 0.819. The third-order valence-electron chi connectivity index (χ3n) is 2.98. The smallest absolute Gasteiger partial charge is 0.146 e. The minimum absolute atomic E-state index is 0.819. The molecule has 0 saturated heterocycles. The summed E-state index contributed by atoms with van der Waals surface area (Å²) >= 11 is 1.67. The molecule has 2 aromatic heterocycles. The van der Waals surface area contributed by atoms with Crippen LogP contribution in [0.5, 0.6) is 0 Å². The molecule has 2 aromatic rings. The molecule has 0 aliphatic carbocycles. The molecule has 0 unspecified atom stereocenters. The number of nitrogens with one attached hydrogen (secondary N) is 1. The highest BCUT2D eigenvalue weighted by Crippen LogP contribution is 2.25. The van der Waals surface area contributed by atoms with E-state index in [4.69, 9.17) is 0 Å². The van der Waals surface area contributed by atoms with Gasteiger partial charge in [0.25, 0.3) is 0 Å². The van der Waals surface area contributed by atoms with Crippen molar-refractivity contribution < 1.29 is 0 Å². The lowest BCUT2D eigenvalue weighted by Gasteiger charge is -2.17. The zero-order valence-electron chi connectivity index (χ0n) is 11.2. The van der Waals surface area contributed by atoms with Gasteiger partial charge in [-0.15, -0.1) is 11.3 Å². The molecule has 98 valence electrons. The molecule has 2 rings (SSSR count). The highest BCUT2D eigenvalue weighted by atomic mass is 32.1. The van der Waals surface area contributed by atoms with Crippen LogP contribution < -0.4 is 5.32 Å². The Morgan fingerprint density at radius 1 is 1.22 bits per heavy atom. The fourth-order valence-corrected chi connectivity index (χ4v) is 2.70. The molecule has 0 aliphatic rings. The Bertz CT molecular complexity index is 505. The second kappa shape index (κ2) is 6.11. The number of hydrogen-bond donors (Lipinski definition) is 1. The van der Waals surface area contributed by atoms with Gasteiger partial charge < -0.3 is 5.32 Å². The predicted octanol–water partition coefficient (Wildman–Crippen LogP) is 2.96. The first-order valence-corrected chi connectivity index (χ1v) is 7.36. The van der Waals surface area contributed by atoms with Gasteiger partial charge in [-0.05, 0) is 31.5 Å². The summed E-state index contributed by atoms with van der Waals surface area (Å²) < 4.78 is 0. The van der Waals surface area contributed by atoms with Gasteiger partial charge in [-0.3, -0.25) is 4.90 Å². The standard InChI is InChI=1S/C13H20N4S/c1-4-14-12-10-7-8-18-13(10)16-11(15-12)9-17(5-2)6-3/h7-8H,4-6,9H2,1-3H3,(H,14,15,16). The van der Waals surface area contributed by atoms with E-state index in [-0.39, 0.29) is 0 Å². The zero-order valence-corrected chi connectivity index (χ0v) is 12.0. The van der Waals surface area contributed by atoms with E-state index in [2.05, 4.69) is 52.4 Å². The largest absolute Gasteiger partial charge is 0.370 e. The van der Waals surface area contributed by atoms with E-state index in [1.165, 1.54) is 0 Å². The van der Waals surface area contributed by atoms with Gasteiger partial charge in [0.2, 0.25) is 0 Å². The number of aromatic nitrogens is 2. The highest BCUT2D eigenvalue weighted by Gasteiger charge is 2.10. The lowest BCUT2D eigenvalue weighted by molar-refractivity contribution is 0.289. The van der Waals surface area contributed by atoms with Crippen LogP contribution in [0.15, 0.2) is 11.4 Å². The first-order valence-electron chi connectivity index (χ1n) is 6.48. The molecule has 0 spiro atoms. The molecule has 18 heavy (non-hydrogen) atoms. The summed E-state index contributed by atoms with van der Waals surface area (Å²) in [6.07, 6.45) is 0. The van der Waals surface area contributed by atoms with Crippen LogP contribution in [-0.2, 0) is 6.54 Å². The van der Waals surface area contributed by atoms with E-state index >= 15 is 0 Å². The first kappa shape index (κ1) is 13.2. The van der Waals surface area contributed by atoms with E-state index in [0.717, 1.165) is 48.0 Å². The monoisotopic (exact) mass is 264 g/mol. The van der Waals surface area contributed by atoms with Crippen LogP contribution in [0.3, 0.4) is 0 Å². The maximum Gasteiger partial charge on any atom is 0.146 e. The molecule has 0 fully saturated rings. The second-order valence-corrected chi connectivity index (χ2v) is 5.01. The summed E-state index contributed by atoms with van der Waals surface area (Å²) in [6, 6.07) is 2.08. The predicted molar refractivity (Wildman–Crippen MR) is 78.2 cm³/mol. The molecule has 0 saturated carbocycles. The van der Waals surface area contributed by atoms with Gasteiger partial charge in [0.05, 0.1) is 11.9 Å². The Kier molecular flexibility index (Phi) is 4.49. The summed E-state index contributed by atoms with van der Waals surface area (Å²) in [5.41, 5.74) is 0. The maximum absolute atomic E-state index is 4.64. The van der Waals surface area contributed by atoms with Crippen molar-refractivity contribution in [3.8, 4) is 0 Å². The van der Waals surface area contributed by atoms with Crippen LogP contribution in [0.4, 0.5) is 5.82 Å². The minimum Gasteiger partial charge on any atom is -0.370 e. The summed E-state index contributed by atoms with van der Waals surface area (Å²) in [6.45, 7) is 10.2. The topological polar surface area (TPSA) is 41.1 Å². The highest BCUT2D eigenvalue weighted by molar-refractivity contribution is 7.16. The Labute approximate surface area is 112 Å². The number of fused-ring (bicyclic) bond motifs is 1. The number of thiophene rings is 1. The Morgan fingerprint density at radius 3 is 2.67 bits per heavy atom. The van der Waals surface area contributed by atoms with Crippen molar-refractivity contribution in [3.05, 3.63) is 17.3 Å². The molecule has 0 atom stereocenters. The van der Waals surface area contributed by atoms with Gasteiger partial charge in [-0.2, -0.15) is 0 Å². The molecule has 5 heteroatoms. The number of rotatable bonds is 6. The van der Waals surface area contributed by atoms with Gasteiger partial charge in [-0.25, -0.2) is 9.97 Å². The average molecular weight is 264 g/mol. The van der Waals surface area contributed by atoms with Crippen molar-refractivity contribution in [1.82, 2.24) is 14.9 Å². The van der Waals surface area contributed by atoms with E-state index in [1.54, 1.807) is 11.3 Å². The van der Waals surface area contributed by atoms with Crippen molar-refractivity contribution in [1.29, 1.82) is 0 Å². The summed E-state index contributed by atoms with van der Waals surface area (Å²) in [5, 5.41) is 6.52. The number of nitrogens with zero attached hydrogens (tertiary/aromatic N) is 3. The molecule has 0 amide bonds. The molecule has 0 aliphatic heterocycles. The SMILES string of the molecule is CCNc1nc(CN(CC)CC)nc2sccc12. The third kappa shape index (κ3) is 2.79. The van der Waals surface area contributed by atoms with Gasteiger partial charge >= 0.3 is 0 Å². The van der Waals surface area contributed by atoms with Crippen molar-refractivity contribution >= 4 is 27.4 Å². The number of anilines is 1. The second-order valence-electron chi connectivity index (χ2n) is 4.12. The Balaban J connectivity index is 2.33. The molecule has 2 heterocycles. The van der Waals surface area contributed by atoms with Crippen molar-refractivity contribution in [2.45, 2.75) is 27.3 Å². The Morgan fingerprint density at radius 2 is 2.00 bits per heavy atom. The molecule has 1 N–H and O–H groups in total.